The zero-order chi connectivity index (χ0) is 69.9. The van der Waals surface area contributed by atoms with Crippen LogP contribution >= 0.6 is 11.6 Å². The Hall–Kier alpha value is -12.7. The third-order valence-electron chi connectivity index (χ3n) is 19.1. The van der Waals surface area contributed by atoms with E-state index in [4.69, 9.17) is 26.9 Å². The first-order valence-electron chi connectivity index (χ1n) is 34.1. The van der Waals surface area contributed by atoms with Crippen molar-refractivity contribution in [2.24, 2.45) is 0 Å². The Balaban J connectivity index is 0.000000125. The van der Waals surface area contributed by atoms with Gasteiger partial charge in [0.05, 0.1) is 45.8 Å². The summed E-state index contributed by atoms with van der Waals surface area (Å²) in [5, 5.41) is 31.1. The van der Waals surface area contributed by atoms with Crippen molar-refractivity contribution >= 4 is 78.8 Å². The van der Waals surface area contributed by atoms with E-state index in [2.05, 4.69) is 50.6 Å². The van der Waals surface area contributed by atoms with E-state index in [-0.39, 0.29) is 37.6 Å². The molecule has 0 atom stereocenters. The molecule has 3 aliphatic rings. The summed E-state index contributed by atoms with van der Waals surface area (Å²) in [6, 6.07) is 89.7. The van der Waals surface area contributed by atoms with E-state index in [9.17, 15) is 19.5 Å². The van der Waals surface area contributed by atoms with Gasteiger partial charge >= 0.3 is 0 Å². The van der Waals surface area contributed by atoms with Crippen LogP contribution in [-0.4, -0.2) is 93.2 Å². The van der Waals surface area contributed by atoms with Crippen molar-refractivity contribution in [1.82, 2.24) is 49.6 Å². The van der Waals surface area contributed by atoms with Gasteiger partial charge in [0, 0.05) is 111 Å². The molecule has 14 nitrogen and oxygen atoms in total. The first-order chi connectivity index (χ1) is 50.7. The molecule has 18 rings (SSSR count). The molecule has 15 aromatic rings. The zero-order valence-corrected chi connectivity index (χ0v) is 56.8. The van der Waals surface area contributed by atoms with Crippen LogP contribution in [0.3, 0.4) is 0 Å². The van der Waals surface area contributed by atoms with E-state index in [1.807, 2.05) is 250 Å². The second-order valence-corrected chi connectivity index (χ2v) is 25.6. The molecule has 0 fully saturated rings. The maximum atomic E-state index is 14.1. The van der Waals surface area contributed by atoms with Gasteiger partial charge in [-0.2, -0.15) is 29.3 Å². The number of aliphatic hydroxyl groups is 1. The highest BCUT2D eigenvalue weighted by Crippen LogP contribution is 2.44. The smallest absolute Gasteiger partial charge is 0.279 e. The number of carbonyl (C=O) groups excluding carboxylic acids is 3. The molecule has 9 heterocycles. The molecule has 2 N–H and O–H groups in total. The minimum absolute atomic E-state index is 0. The zero-order valence-electron chi connectivity index (χ0n) is 56.0. The van der Waals surface area contributed by atoms with Gasteiger partial charge in [0.2, 0.25) is 0 Å². The summed E-state index contributed by atoms with van der Waals surface area (Å²) in [6.07, 6.45) is 6.93. The Kier molecular flexibility index (Phi) is 19.0. The summed E-state index contributed by atoms with van der Waals surface area (Å²) in [6.45, 7) is 0.415. The number of nitrogens with zero attached hydrogens (tertiary/aromatic N) is 9. The summed E-state index contributed by atoms with van der Waals surface area (Å²) in [7, 11) is 1.92. The largest absolute Gasteiger partial charge is 0.392 e. The van der Waals surface area contributed by atoms with Gasteiger partial charge in [-0.1, -0.05) is 226 Å². The minimum atomic E-state index is -0.229. The molecule has 0 saturated carbocycles. The van der Waals surface area contributed by atoms with E-state index >= 15 is 0 Å². The predicted molar refractivity (Wildman–Crippen MR) is 417 cm³/mol. The molecule has 6 aromatic heterocycles. The lowest BCUT2D eigenvalue weighted by molar-refractivity contribution is 0.0949. The number of hydrogen-bond donors (Lipinski definition) is 2. The van der Waals surface area contributed by atoms with Crippen LogP contribution in [0.5, 0.6) is 0 Å². The van der Waals surface area contributed by atoms with Crippen molar-refractivity contribution < 1.29 is 19.5 Å². The fourth-order valence-corrected chi connectivity index (χ4v) is 14.6. The number of alkyl halides is 1. The lowest BCUT2D eigenvalue weighted by Crippen LogP contribution is -2.27. The van der Waals surface area contributed by atoms with Gasteiger partial charge in [0.15, 0.2) is 0 Å². The number of likely N-dealkylation sites (N-methyl/N-ethyl adjacent to an activating group) is 1. The average Bonchev–Trinajstić information content (AvgIpc) is 1.55. The molecule has 9 aromatic carbocycles. The highest BCUT2D eigenvalue weighted by molar-refractivity contribution is 6.28. The van der Waals surface area contributed by atoms with Crippen molar-refractivity contribution in [3.8, 4) is 67.2 Å². The summed E-state index contributed by atoms with van der Waals surface area (Å²) in [5.41, 5.74) is 23.5. The Morgan fingerprint density at radius 1 is 0.356 bits per heavy atom. The maximum absolute atomic E-state index is 14.1. The van der Waals surface area contributed by atoms with Gasteiger partial charge in [-0.3, -0.25) is 29.3 Å². The quantitative estimate of drug-likeness (QED) is 0.105. The molecule has 0 saturated heterocycles. The topological polar surface area (TPSA) is 176 Å². The van der Waals surface area contributed by atoms with E-state index in [0.29, 0.717) is 48.1 Å². The van der Waals surface area contributed by atoms with Gasteiger partial charge < -0.3 is 10.4 Å². The summed E-state index contributed by atoms with van der Waals surface area (Å²) < 4.78 is 4.71. The van der Waals surface area contributed by atoms with Gasteiger partial charge in [-0.25, -0.2) is 0 Å². The second-order valence-electron chi connectivity index (χ2n) is 25.4. The molecule has 15 heteroatoms. The SMILES string of the molecule is C.CNCC1=C(c2ccc3ncccc3c2)C(=O)n2nc(-c3ccccc3)c(-c3ccccc3)c2C1.O=C1C(c2ccc3ncccc3c2)=C(CCl)Cc2c(-c3ccccc3)c(-c3ccccc3)nn21.O=C1C(c2ccc3ncccc3c2)=C(CO)Cc2c(-c3ccccc3)c(-c3ccccc3)nn21. The number of nitrogens with one attached hydrogen (secondary N) is 1. The number of rotatable bonds is 13. The molecular weight excluding hydrogens is 1310 g/mol. The molecular formula is C89H69ClN10O4. The molecule has 506 valence electrons. The molecule has 0 radical (unpaired) electrons. The number of carbonyl (C=O) groups is 3. The van der Waals surface area contributed by atoms with E-state index < -0.39 is 0 Å². The number of hydrogen-bond acceptors (Lipinski definition) is 11. The monoisotopic (exact) mass is 1380 g/mol. The van der Waals surface area contributed by atoms with Crippen molar-refractivity contribution in [1.29, 1.82) is 0 Å². The highest BCUT2D eigenvalue weighted by atomic mass is 35.5. The lowest BCUT2D eigenvalue weighted by atomic mass is 9.89. The number of aliphatic hydroxyl groups excluding tert-OH is 1. The highest BCUT2D eigenvalue weighted by Gasteiger charge is 2.36. The number of benzene rings is 9. The van der Waals surface area contributed by atoms with Gasteiger partial charge in [0.1, 0.15) is 17.1 Å². The molecule has 3 aliphatic heterocycles. The summed E-state index contributed by atoms with van der Waals surface area (Å²) in [4.78, 5) is 55.1. The second kappa shape index (κ2) is 29.5. The first-order valence-corrected chi connectivity index (χ1v) is 34.6. The standard InChI is InChI=1S/C30H24N4O.C29H20ClN3O.C29H21N3O2.CH4/c1-31-19-24-18-26-28(20-9-4-2-5-10-20)29(21-11-6-3-7-12-21)33-34(26)30(35)27(24)23-14-15-25-22(17-23)13-8-16-32-25;30-18-23-17-25-27(19-8-3-1-4-9-19)28(20-10-5-2-6-11-20)32-33(25)29(34)26(23)22-13-14-24-21(16-22)12-7-15-31-24;33-18-23-17-25-27(19-8-3-1-4-9-19)28(20-10-5-2-6-11-20)31-32(25)29(34)26(23)22-13-14-24-21(16-22)12-7-15-30-24;/h2-17,31H,18-19H2,1H3;1-16H,17-18H2;1-16,33H,17-18H2;1H4. The van der Waals surface area contributed by atoms with Gasteiger partial charge in [0.25, 0.3) is 17.7 Å². The number of halogens is 1. The van der Waals surface area contributed by atoms with Crippen LogP contribution in [0.1, 0.15) is 55.6 Å². The van der Waals surface area contributed by atoms with Crippen LogP contribution in [0, 0.1) is 0 Å². The first kappa shape index (κ1) is 67.1. The third-order valence-corrected chi connectivity index (χ3v) is 19.4. The molecule has 0 bridgehead atoms. The van der Waals surface area contributed by atoms with Crippen LogP contribution < -0.4 is 5.32 Å². The van der Waals surface area contributed by atoms with Crippen LogP contribution in [0.25, 0.3) is 117 Å². The van der Waals surface area contributed by atoms with Crippen LogP contribution in [0.15, 0.2) is 308 Å². The molecule has 0 aliphatic carbocycles. The average molecular weight is 1380 g/mol. The number of pyridine rings is 3. The van der Waals surface area contributed by atoms with E-state index in [1.54, 1.807) is 28.0 Å². The van der Waals surface area contributed by atoms with Gasteiger partial charge in [-0.05, 0) is 112 Å². The van der Waals surface area contributed by atoms with Crippen LogP contribution in [-0.2, 0) is 19.3 Å². The normalized spacial score (nSPS) is 13.2. The molecule has 0 spiro atoms. The third kappa shape index (κ3) is 12.7. The van der Waals surface area contributed by atoms with Crippen LogP contribution in [0.2, 0.25) is 0 Å². The summed E-state index contributed by atoms with van der Waals surface area (Å²) in [5.74, 6) is -0.210. The predicted octanol–water partition coefficient (Wildman–Crippen LogP) is 18.3. The fourth-order valence-electron chi connectivity index (χ4n) is 14.4. The minimum Gasteiger partial charge on any atom is -0.392 e. The van der Waals surface area contributed by atoms with Crippen molar-refractivity contribution in [2.45, 2.75) is 26.7 Å². The number of fused-ring (bicyclic) bond motifs is 6. The van der Waals surface area contributed by atoms with E-state index in [1.165, 1.54) is 4.68 Å². The Morgan fingerprint density at radius 3 is 0.952 bits per heavy atom. The summed E-state index contributed by atoms with van der Waals surface area (Å²) >= 11 is 6.45. The van der Waals surface area contributed by atoms with E-state index in [0.717, 1.165) is 145 Å². The van der Waals surface area contributed by atoms with Crippen molar-refractivity contribution in [3.63, 3.8) is 0 Å². The van der Waals surface area contributed by atoms with Crippen molar-refractivity contribution in [3.05, 3.63) is 342 Å². The van der Waals surface area contributed by atoms with Crippen molar-refractivity contribution in [2.75, 3.05) is 26.1 Å². The Bertz CT molecular complexity index is 5630. The van der Waals surface area contributed by atoms with Crippen LogP contribution in [0.4, 0.5) is 0 Å². The Labute approximate surface area is 606 Å². The number of allylic oxidation sites excluding steroid dienone is 4. The van der Waals surface area contributed by atoms with Gasteiger partial charge in [-0.15, -0.1) is 11.6 Å². The Morgan fingerprint density at radius 2 is 0.644 bits per heavy atom. The molecule has 0 unspecified atom stereocenters. The number of aromatic nitrogens is 9. The molecule has 0 amide bonds. The fraction of sp³-hybridized carbons (Fsp3) is 0.0899. The maximum Gasteiger partial charge on any atom is 0.279 e. The molecule has 104 heavy (non-hydrogen) atoms. The lowest BCUT2D eigenvalue weighted by Gasteiger charge is -2.22.